The number of rotatable bonds is 7. The maximum atomic E-state index is 13.1. The second-order valence-electron chi connectivity index (χ2n) is 7.56. The molecule has 0 bridgehead atoms. The van der Waals surface area contributed by atoms with Crippen molar-refractivity contribution in [2.75, 3.05) is 20.3 Å². The number of thiazole rings is 1. The molecule has 166 valence electrons. The van der Waals surface area contributed by atoms with Gasteiger partial charge < -0.3 is 20.1 Å². The minimum Gasteiger partial charge on any atom is -0.493 e. The average molecular weight is 452 g/mol. The van der Waals surface area contributed by atoms with Crippen LogP contribution in [0.15, 0.2) is 48.5 Å². The van der Waals surface area contributed by atoms with E-state index in [-0.39, 0.29) is 18.6 Å². The molecule has 0 radical (unpaired) electrons. The number of primary amides is 1. The van der Waals surface area contributed by atoms with E-state index in [9.17, 15) is 9.59 Å². The van der Waals surface area contributed by atoms with Crippen LogP contribution >= 0.6 is 11.3 Å². The summed E-state index contributed by atoms with van der Waals surface area (Å²) in [5.74, 6) is 0.278. The number of piperidine rings is 1. The summed E-state index contributed by atoms with van der Waals surface area (Å²) in [4.78, 5) is 30.7. The van der Waals surface area contributed by atoms with Crippen molar-refractivity contribution in [3.05, 3.63) is 59.1 Å². The lowest BCUT2D eigenvalue weighted by Crippen LogP contribution is -2.37. The number of fused-ring (bicyclic) bond motifs is 1. The van der Waals surface area contributed by atoms with Gasteiger partial charge in [0.2, 0.25) is 5.91 Å². The summed E-state index contributed by atoms with van der Waals surface area (Å²) in [6.07, 6.45) is 6.33. The molecule has 8 heteroatoms. The zero-order valence-corrected chi connectivity index (χ0v) is 18.6. The van der Waals surface area contributed by atoms with Gasteiger partial charge in [0.1, 0.15) is 5.01 Å². The standard InChI is InChI=1S/C24H25N3O4S/c1-30-20-14-16(9-11-19(20)31-15-22(25)28)10-12-23(29)27-13-5-4-7-18(27)24-26-17-6-2-3-8-21(17)32-24/h2-3,6,8-12,14,18H,4-5,7,13,15H2,1H3,(H2,25,28)/b12-10+. The second-order valence-corrected chi connectivity index (χ2v) is 8.62. The Morgan fingerprint density at radius 2 is 2.06 bits per heavy atom. The number of hydrogen-bond donors (Lipinski definition) is 1. The summed E-state index contributed by atoms with van der Waals surface area (Å²) in [7, 11) is 1.52. The van der Waals surface area contributed by atoms with Gasteiger partial charge >= 0.3 is 0 Å². The molecule has 2 amide bonds. The van der Waals surface area contributed by atoms with Crippen LogP contribution in [0.1, 0.15) is 35.9 Å². The van der Waals surface area contributed by atoms with E-state index in [0.29, 0.717) is 18.0 Å². The van der Waals surface area contributed by atoms with E-state index in [0.717, 1.165) is 40.1 Å². The molecule has 1 aliphatic rings. The molecular formula is C24H25N3O4S. The highest BCUT2D eigenvalue weighted by Gasteiger charge is 2.29. The summed E-state index contributed by atoms with van der Waals surface area (Å²) in [5.41, 5.74) is 6.89. The summed E-state index contributed by atoms with van der Waals surface area (Å²) in [6, 6.07) is 13.3. The van der Waals surface area contributed by atoms with Gasteiger partial charge in [0.15, 0.2) is 18.1 Å². The number of likely N-dealkylation sites (tertiary alicyclic amines) is 1. The third-order valence-corrected chi connectivity index (χ3v) is 6.49. The third kappa shape index (κ3) is 4.91. The molecular weight excluding hydrogens is 426 g/mol. The first kappa shape index (κ1) is 21.8. The molecule has 1 unspecified atom stereocenters. The molecule has 1 saturated heterocycles. The van der Waals surface area contributed by atoms with Crippen molar-refractivity contribution in [2.24, 2.45) is 5.73 Å². The van der Waals surface area contributed by atoms with Crippen molar-refractivity contribution in [2.45, 2.75) is 25.3 Å². The van der Waals surface area contributed by atoms with Crippen LogP contribution in [0.2, 0.25) is 0 Å². The first-order valence-corrected chi connectivity index (χ1v) is 11.3. The predicted molar refractivity (Wildman–Crippen MR) is 125 cm³/mol. The SMILES string of the molecule is COc1cc(/C=C/C(=O)N2CCCCC2c2nc3ccccc3s2)ccc1OCC(N)=O. The lowest BCUT2D eigenvalue weighted by molar-refractivity contribution is -0.129. The molecule has 1 atom stereocenters. The number of amides is 2. The molecule has 0 spiro atoms. The number of carbonyl (C=O) groups is 2. The summed E-state index contributed by atoms with van der Waals surface area (Å²) in [5, 5.41) is 0.991. The Morgan fingerprint density at radius 3 is 2.84 bits per heavy atom. The minimum absolute atomic E-state index is 0.00240. The molecule has 0 aliphatic carbocycles. The molecule has 0 saturated carbocycles. The molecule has 1 aromatic heterocycles. The maximum absolute atomic E-state index is 13.1. The van der Waals surface area contributed by atoms with Crippen LogP contribution in [0.3, 0.4) is 0 Å². The first-order chi connectivity index (χ1) is 15.5. The largest absolute Gasteiger partial charge is 0.493 e. The molecule has 7 nitrogen and oxygen atoms in total. The van der Waals surface area contributed by atoms with Crippen LogP contribution in [0, 0.1) is 0 Å². The molecule has 1 fully saturated rings. The fourth-order valence-electron chi connectivity index (χ4n) is 3.80. The number of ether oxygens (including phenoxy) is 2. The fourth-order valence-corrected chi connectivity index (χ4v) is 4.92. The van der Waals surface area contributed by atoms with Gasteiger partial charge in [0.05, 0.1) is 23.4 Å². The highest BCUT2D eigenvalue weighted by atomic mass is 32.1. The van der Waals surface area contributed by atoms with Crippen molar-refractivity contribution >= 4 is 39.4 Å². The Morgan fingerprint density at radius 1 is 1.22 bits per heavy atom. The number of hydrogen-bond acceptors (Lipinski definition) is 6. The predicted octanol–water partition coefficient (Wildman–Crippen LogP) is 3.94. The van der Waals surface area contributed by atoms with Gasteiger partial charge in [-0.2, -0.15) is 0 Å². The number of benzene rings is 2. The van der Waals surface area contributed by atoms with Crippen LogP contribution in [-0.2, 0) is 9.59 Å². The van der Waals surface area contributed by atoms with Crippen LogP contribution < -0.4 is 15.2 Å². The van der Waals surface area contributed by atoms with Crippen LogP contribution in [0.5, 0.6) is 11.5 Å². The Labute approximate surface area is 190 Å². The van der Waals surface area contributed by atoms with E-state index in [1.165, 1.54) is 7.11 Å². The zero-order chi connectivity index (χ0) is 22.5. The van der Waals surface area contributed by atoms with Crippen molar-refractivity contribution < 1.29 is 19.1 Å². The normalized spacial score (nSPS) is 16.4. The maximum Gasteiger partial charge on any atom is 0.255 e. The van der Waals surface area contributed by atoms with E-state index >= 15 is 0 Å². The van der Waals surface area contributed by atoms with E-state index < -0.39 is 5.91 Å². The molecule has 2 N–H and O–H groups in total. The van der Waals surface area contributed by atoms with Gasteiger partial charge in [-0.15, -0.1) is 11.3 Å². The first-order valence-electron chi connectivity index (χ1n) is 10.5. The Kier molecular flexibility index (Phi) is 6.70. The van der Waals surface area contributed by atoms with E-state index in [2.05, 4.69) is 6.07 Å². The number of para-hydroxylation sites is 1. The van der Waals surface area contributed by atoms with E-state index in [1.54, 1.807) is 41.7 Å². The summed E-state index contributed by atoms with van der Waals surface area (Å²) >= 11 is 1.66. The molecule has 2 aromatic carbocycles. The van der Waals surface area contributed by atoms with Crippen molar-refractivity contribution in [1.82, 2.24) is 9.88 Å². The lowest BCUT2D eigenvalue weighted by Gasteiger charge is -2.33. The smallest absolute Gasteiger partial charge is 0.255 e. The number of methoxy groups -OCH3 is 1. The summed E-state index contributed by atoms with van der Waals surface area (Å²) < 4.78 is 11.8. The fraction of sp³-hybridized carbons (Fsp3) is 0.292. The van der Waals surface area contributed by atoms with Gasteiger partial charge in [-0.25, -0.2) is 4.98 Å². The average Bonchev–Trinajstić information content (AvgIpc) is 3.25. The van der Waals surface area contributed by atoms with E-state index in [4.69, 9.17) is 20.2 Å². The highest BCUT2D eigenvalue weighted by molar-refractivity contribution is 7.18. The van der Waals surface area contributed by atoms with Crippen LogP contribution in [-0.4, -0.2) is 42.0 Å². The van der Waals surface area contributed by atoms with Crippen molar-refractivity contribution in [3.8, 4) is 11.5 Å². The van der Waals surface area contributed by atoms with Gasteiger partial charge in [0.25, 0.3) is 5.91 Å². The minimum atomic E-state index is -0.564. The van der Waals surface area contributed by atoms with Gasteiger partial charge in [-0.1, -0.05) is 18.2 Å². The molecule has 2 heterocycles. The van der Waals surface area contributed by atoms with Crippen LogP contribution in [0.4, 0.5) is 0 Å². The highest BCUT2D eigenvalue weighted by Crippen LogP contribution is 2.36. The van der Waals surface area contributed by atoms with Gasteiger partial charge in [-0.05, 0) is 55.2 Å². The number of carbonyl (C=O) groups excluding carboxylic acids is 2. The van der Waals surface area contributed by atoms with Gasteiger partial charge in [0, 0.05) is 12.6 Å². The zero-order valence-electron chi connectivity index (χ0n) is 17.8. The Balaban J connectivity index is 1.50. The van der Waals surface area contributed by atoms with Crippen molar-refractivity contribution in [3.63, 3.8) is 0 Å². The summed E-state index contributed by atoms with van der Waals surface area (Å²) in [6.45, 7) is 0.485. The van der Waals surface area contributed by atoms with Gasteiger partial charge in [-0.3, -0.25) is 9.59 Å². The quantitative estimate of drug-likeness (QED) is 0.549. The molecule has 3 aromatic rings. The monoisotopic (exact) mass is 451 g/mol. The van der Waals surface area contributed by atoms with Crippen LogP contribution in [0.25, 0.3) is 16.3 Å². The Bertz CT molecular complexity index is 1120. The molecule has 32 heavy (non-hydrogen) atoms. The second kappa shape index (κ2) is 9.82. The Hall–Kier alpha value is -3.39. The lowest BCUT2D eigenvalue weighted by atomic mass is 10.0. The number of nitrogens with two attached hydrogens (primary N) is 1. The third-order valence-electron chi connectivity index (χ3n) is 5.36. The van der Waals surface area contributed by atoms with Crippen molar-refractivity contribution in [1.29, 1.82) is 0 Å². The number of aromatic nitrogens is 1. The molecule has 4 rings (SSSR count). The topological polar surface area (TPSA) is 94.8 Å². The number of nitrogens with zero attached hydrogens (tertiary/aromatic N) is 2. The molecule has 1 aliphatic heterocycles. The van der Waals surface area contributed by atoms with E-state index in [1.807, 2.05) is 23.1 Å².